The summed E-state index contributed by atoms with van der Waals surface area (Å²) in [4.78, 5) is 23.3. The second-order valence-corrected chi connectivity index (χ2v) is 7.29. The molecule has 130 valence electrons. The second-order valence-electron chi connectivity index (χ2n) is 6.88. The molecule has 1 aliphatic heterocycles. The maximum atomic E-state index is 12.9. The molecule has 6 nitrogen and oxygen atoms in total. The van der Waals surface area contributed by atoms with Crippen LogP contribution in [-0.2, 0) is 11.8 Å². The number of benzene rings is 1. The number of carbonyl (C=O) groups excluding carboxylic acids is 1. The first-order valence-electron chi connectivity index (χ1n) is 8.38. The molecule has 1 saturated heterocycles. The first-order valence-corrected chi connectivity index (χ1v) is 8.76. The molecule has 0 saturated carbocycles. The summed E-state index contributed by atoms with van der Waals surface area (Å²) in [7, 11) is 0. The summed E-state index contributed by atoms with van der Waals surface area (Å²) in [6.45, 7) is 1.30. The van der Waals surface area contributed by atoms with E-state index in [2.05, 4.69) is 9.97 Å². The summed E-state index contributed by atoms with van der Waals surface area (Å²) in [6.07, 6.45) is 5.58. The van der Waals surface area contributed by atoms with Gasteiger partial charge in [0.05, 0.1) is 10.7 Å². The van der Waals surface area contributed by atoms with E-state index in [0.29, 0.717) is 18.7 Å². The van der Waals surface area contributed by atoms with Crippen molar-refractivity contribution in [3.63, 3.8) is 0 Å². The molecule has 0 radical (unpaired) electrons. The smallest absolute Gasteiger partial charge is 0.254 e. The van der Waals surface area contributed by atoms with Crippen molar-refractivity contribution in [1.29, 1.82) is 0 Å². The fourth-order valence-electron chi connectivity index (χ4n) is 4.09. The van der Waals surface area contributed by atoms with Crippen molar-refractivity contribution in [3.05, 3.63) is 46.2 Å². The van der Waals surface area contributed by atoms with Gasteiger partial charge in [0, 0.05) is 30.3 Å². The van der Waals surface area contributed by atoms with E-state index in [0.717, 1.165) is 36.9 Å². The number of aryl methyl sites for hydroxylation is 1. The molecule has 7 heteroatoms. The molecule has 1 aromatic heterocycles. The minimum Gasteiger partial charge on any atom is -0.506 e. The predicted molar refractivity (Wildman–Crippen MR) is 94.7 cm³/mol. The fourth-order valence-corrected chi connectivity index (χ4v) is 4.20. The zero-order chi connectivity index (χ0) is 17.6. The zero-order valence-electron chi connectivity index (χ0n) is 13.7. The van der Waals surface area contributed by atoms with E-state index in [9.17, 15) is 9.90 Å². The monoisotopic (exact) mass is 358 g/mol. The summed E-state index contributed by atoms with van der Waals surface area (Å²) in [5.74, 6) is 0.110. The number of likely N-dealkylation sites (tertiary alicyclic amines) is 1. The van der Waals surface area contributed by atoms with Crippen LogP contribution in [0.15, 0.2) is 24.4 Å². The van der Waals surface area contributed by atoms with E-state index < -0.39 is 0 Å². The predicted octanol–water partition coefficient (Wildman–Crippen LogP) is 2.54. The summed E-state index contributed by atoms with van der Waals surface area (Å²) >= 11 is 5.84. The van der Waals surface area contributed by atoms with Crippen LogP contribution in [0.5, 0.6) is 5.75 Å². The Labute approximate surface area is 150 Å². The summed E-state index contributed by atoms with van der Waals surface area (Å²) < 4.78 is 0. The first kappa shape index (κ1) is 16.1. The van der Waals surface area contributed by atoms with Crippen LogP contribution in [0.2, 0.25) is 5.02 Å². The molecular weight excluding hydrogens is 340 g/mol. The Morgan fingerprint density at radius 3 is 3.00 bits per heavy atom. The van der Waals surface area contributed by atoms with Crippen molar-refractivity contribution >= 4 is 23.5 Å². The highest BCUT2D eigenvalue weighted by atomic mass is 35.5. The highest BCUT2D eigenvalue weighted by molar-refractivity contribution is 6.32. The second kappa shape index (κ2) is 5.88. The Kier molecular flexibility index (Phi) is 3.80. The average molecular weight is 359 g/mol. The molecule has 2 heterocycles. The van der Waals surface area contributed by atoms with Crippen LogP contribution in [-0.4, -0.2) is 39.0 Å². The summed E-state index contributed by atoms with van der Waals surface area (Å²) in [6, 6.07) is 4.62. The Morgan fingerprint density at radius 1 is 1.36 bits per heavy atom. The van der Waals surface area contributed by atoms with Gasteiger partial charge in [0.15, 0.2) is 0 Å². The van der Waals surface area contributed by atoms with Gasteiger partial charge in [-0.25, -0.2) is 9.97 Å². The minimum atomic E-state index is -0.144. The number of aromatic nitrogens is 2. The van der Waals surface area contributed by atoms with Gasteiger partial charge in [-0.3, -0.25) is 4.79 Å². The maximum absolute atomic E-state index is 12.9. The number of amides is 1. The van der Waals surface area contributed by atoms with Crippen LogP contribution in [0.25, 0.3) is 0 Å². The number of piperidine rings is 1. The number of nitrogen functional groups attached to an aromatic ring is 1. The van der Waals surface area contributed by atoms with E-state index in [1.165, 1.54) is 6.07 Å². The molecule has 4 rings (SSSR count). The van der Waals surface area contributed by atoms with E-state index >= 15 is 0 Å². The third-order valence-corrected chi connectivity index (χ3v) is 5.64. The molecule has 25 heavy (non-hydrogen) atoms. The fraction of sp³-hybridized carbons (Fsp3) is 0.389. The largest absolute Gasteiger partial charge is 0.506 e. The number of carbonyl (C=O) groups is 1. The van der Waals surface area contributed by atoms with Crippen LogP contribution in [0.4, 0.5) is 5.95 Å². The molecule has 1 amide bonds. The first-order chi connectivity index (χ1) is 12.0. The zero-order valence-corrected chi connectivity index (χ0v) is 14.5. The van der Waals surface area contributed by atoms with Gasteiger partial charge >= 0.3 is 0 Å². The van der Waals surface area contributed by atoms with Crippen molar-refractivity contribution in [3.8, 4) is 5.75 Å². The van der Waals surface area contributed by atoms with E-state index in [1.54, 1.807) is 12.1 Å². The number of nitrogens with zero attached hydrogens (tertiary/aromatic N) is 3. The van der Waals surface area contributed by atoms with Gasteiger partial charge in [-0.05, 0) is 49.4 Å². The quantitative estimate of drug-likeness (QED) is 0.817. The summed E-state index contributed by atoms with van der Waals surface area (Å²) in [5, 5.41) is 10.0. The molecule has 1 aromatic carbocycles. The summed E-state index contributed by atoms with van der Waals surface area (Å²) in [5.41, 5.74) is 8.22. The molecule has 1 fully saturated rings. The number of halogens is 1. The Balaban J connectivity index is 1.63. The van der Waals surface area contributed by atoms with Gasteiger partial charge in [-0.1, -0.05) is 11.6 Å². The van der Waals surface area contributed by atoms with Gasteiger partial charge in [0.25, 0.3) is 5.91 Å². The highest BCUT2D eigenvalue weighted by Crippen LogP contribution is 2.44. The molecule has 1 unspecified atom stereocenters. The number of hydrogen-bond acceptors (Lipinski definition) is 5. The third-order valence-electron chi connectivity index (χ3n) is 5.32. The van der Waals surface area contributed by atoms with Crippen molar-refractivity contribution < 1.29 is 9.90 Å². The number of phenolic OH excluding ortho intramolecular Hbond substituents is 1. The molecule has 2 aromatic rings. The molecule has 0 bridgehead atoms. The molecule has 1 atom stereocenters. The van der Waals surface area contributed by atoms with Crippen molar-refractivity contribution in [2.75, 3.05) is 18.8 Å². The molecule has 3 N–H and O–H groups in total. The molecule has 1 spiro atoms. The highest BCUT2D eigenvalue weighted by Gasteiger charge is 2.44. The minimum absolute atomic E-state index is 0.0778. The number of aromatic hydroxyl groups is 1. The number of rotatable bonds is 1. The number of nitrogens with two attached hydrogens (primary N) is 1. The van der Waals surface area contributed by atoms with Gasteiger partial charge < -0.3 is 15.7 Å². The SMILES string of the molecule is Nc1ncc2c(n1)C1(CCCN(C(=O)c3ccc(Cl)c(O)c3)C1)CC2. The molecule has 1 aliphatic carbocycles. The van der Waals surface area contributed by atoms with Crippen molar-refractivity contribution in [2.24, 2.45) is 0 Å². The standard InChI is InChI=1S/C18H19ClN4O2/c19-13-3-2-11(8-14(13)24)16(25)23-7-1-5-18(10-23)6-4-12-9-21-17(20)22-15(12)18/h2-3,8-9,24H,1,4-7,10H2,(H2,20,21,22). The Bertz CT molecular complexity index is 853. The van der Waals surface area contributed by atoms with Crippen LogP contribution >= 0.6 is 11.6 Å². The van der Waals surface area contributed by atoms with E-state index in [1.807, 2.05) is 11.1 Å². The van der Waals surface area contributed by atoms with Crippen LogP contribution in [0.1, 0.15) is 40.9 Å². The molecule has 2 aliphatic rings. The van der Waals surface area contributed by atoms with Gasteiger partial charge in [-0.15, -0.1) is 0 Å². The lowest BCUT2D eigenvalue weighted by Gasteiger charge is -2.40. The van der Waals surface area contributed by atoms with Gasteiger partial charge in [0.2, 0.25) is 5.95 Å². The lowest BCUT2D eigenvalue weighted by atomic mass is 9.77. The lowest BCUT2D eigenvalue weighted by molar-refractivity contribution is 0.0633. The number of anilines is 1. The van der Waals surface area contributed by atoms with Crippen molar-refractivity contribution in [1.82, 2.24) is 14.9 Å². The van der Waals surface area contributed by atoms with E-state index in [-0.39, 0.29) is 28.0 Å². The van der Waals surface area contributed by atoms with Crippen LogP contribution < -0.4 is 5.73 Å². The molecular formula is C18H19ClN4O2. The Hall–Kier alpha value is -2.34. The normalized spacial score (nSPS) is 22.2. The number of phenols is 1. The third kappa shape index (κ3) is 2.70. The van der Waals surface area contributed by atoms with Gasteiger partial charge in [0.1, 0.15) is 5.75 Å². The van der Waals surface area contributed by atoms with Gasteiger partial charge in [-0.2, -0.15) is 0 Å². The van der Waals surface area contributed by atoms with E-state index in [4.69, 9.17) is 17.3 Å². The Morgan fingerprint density at radius 2 is 2.20 bits per heavy atom. The van der Waals surface area contributed by atoms with Crippen LogP contribution in [0.3, 0.4) is 0 Å². The van der Waals surface area contributed by atoms with Crippen LogP contribution in [0, 0.1) is 0 Å². The lowest BCUT2D eigenvalue weighted by Crippen LogP contribution is -2.48. The van der Waals surface area contributed by atoms with Crippen molar-refractivity contribution in [2.45, 2.75) is 31.1 Å². The number of fused-ring (bicyclic) bond motifs is 2. The average Bonchev–Trinajstić information content (AvgIpc) is 2.94. The maximum Gasteiger partial charge on any atom is 0.254 e. The topological polar surface area (TPSA) is 92.3 Å². The number of hydrogen-bond donors (Lipinski definition) is 2.